The second-order valence-electron chi connectivity index (χ2n) is 4.85. The van der Waals surface area contributed by atoms with Crippen LogP contribution in [0.25, 0.3) is 11.1 Å². The molecule has 0 amide bonds. The molecule has 2 nitrogen and oxygen atoms in total. The van der Waals surface area contributed by atoms with E-state index in [1.54, 1.807) is 7.11 Å². The van der Waals surface area contributed by atoms with Crippen molar-refractivity contribution in [1.82, 2.24) is 5.32 Å². The lowest BCUT2D eigenvalue weighted by molar-refractivity contribution is 0.0956. The lowest BCUT2D eigenvalue weighted by Crippen LogP contribution is -2.29. The predicted molar refractivity (Wildman–Crippen MR) is 80.5 cm³/mol. The van der Waals surface area contributed by atoms with Gasteiger partial charge in [-0.1, -0.05) is 18.2 Å². The van der Waals surface area contributed by atoms with Crippen molar-refractivity contribution in [2.45, 2.75) is 12.6 Å². The molecule has 1 N–H and O–H groups in total. The second-order valence-corrected chi connectivity index (χ2v) is 4.85. The Hall–Kier alpha value is -1.49. The quantitative estimate of drug-likeness (QED) is 0.909. The topological polar surface area (TPSA) is 21.3 Å². The van der Waals surface area contributed by atoms with E-state index in [9.17, 15) is 8.78 Å². The third-order valence-electron chi connectivity index (χ3n) is 3.70. The van der Waals surface area contributed by atoms with Gasteiger partial charge in [-0.2, -0.15) is 0 Å². The first-order valence-electron chi connectivity index (χ1n) is 6.51. The van der Waals surface area contributed by atoms with Gasteiger partial charge < -0.3 is 10.1 Å². The number of rotatable bonds is 2. The normalized spacial score (nSPS) is 17.0. The van der Waals surface area contributed by atoms with Gasteiger partial charge in [0.1, 0.15) is 11.6 Å². The summed E-state index contributed by atoms with van der Waals surface area (Å²) in [6, 6.07) is 9.41. The monoisotopic (exact) mass is 311 g/mol. The summed E-state index contributed by atoms with van der Waals surface area (Å²) < 4.78 is 32.5. The first-order chi connectivity index (χ1) is 9.70. The van der Waals surface area contributed by atoms with Crippen LogP contribution >= 0.6 is 12.4 Å². The van der Waals surface area contributed by atoms with Gasteiger partial charge in [0.05, 0.1) is 6.10 Å². The van der Waals surface area contributed by atoms with Crippen LogP contribution in [-0.2, 0) is 11.3 Å². The fourth-order valence-corrected chi connectivity index (χ4v) is 2.71. The standard InChI is InChI=1S/C16H15F2NO.ClH/c1-20-16-9-19-8-14-11(3-2-4-13(14)16)12-6-5-10(17)7-15(12)18;/h2-7,16,19H,8-9H2,1H3;1H. The SMILES string of the molecule is COC1CNCc2c(-c3ccc(F)cc3F)cccc21.Cl. The number of methoxy groups -OCH3 is 1. The van der Waals surface area contributed by atoms with Gasteiger partial charge >= 0.3 is 0 Å². The van der Waals surface area contributed by atoms with Crippen molar-refractivity contribution < 1.29 is 13.5 Å². The van der Waals surface area contributed by atoms with Gasteiger partial charge in [-0.15, -0.1) is 12.4 Å². The van der Waals surface area contributed by atoms with Crippen molar-refractivity contribution in [2.24, 2.45) is 0 Å². The highest BCUT2D eigenvalue weighted by Crippen LogP contribution is 2.34. The minimum Gasteiger partial charge on any atom is -0.375 e. The lowest BCUT2D eigenvalue weighted by Gasteiger charge is -2.27. The molecule has 0 fully saturated rings. The van der Waals surface area contributed by atoms with Crippen LogP contribution in [0.5, 0.6) is 0 Å². The molecule has 1 heterocycles. The Morgan fingerprint density at radius 1 is 1.14 bits per heavy atom. The number of fused-ring (bicyclic) bond motifs is 1. The minimum atomic E-state index is -0.566. The largest absolute Gasteiger partial charge is 0.375 e. The molecule has 0 radical (unpaired) electrons. The van der Waals surface area contributed by atoms with Crippen LogP contribution in [0.3, 0.4) is 0 Å². The zero-order valence-electron chi connectivity index (χ0n) is 11.5. The summed E-state index contributed by atoms with van der Waals surface area (Å²) in [6.45, 7) is 1.39. The zero-order chi connectivity index (χ0) is 14.1. The molecule has 112 valence electrons. The molecule has 2 aromatic rings. The Bertz CT molecular complexity index is 648. The first-order valence-corrected chi connectivity index (χ1v) is 6.51. The fraction of sp³-hybridized carbons (Fsp3) is 0.250. The fourth-order valence-electron chi connectivity index (χ4n) is 2.71. The molecule has 21 heavy (non-hydrogen) atoms. The van der Waals surface area contributed by atoms with E-state index in [1.807, 2.05) is 18.2 Å². The summed E-state index contributed by atoms with van der Waals surface area (Å²) in [5.41, 5.74) is 3.28. The van der Waals surface area contributed by atoms with Crippen LogP contribution in [-0.4, -0.2) is 13.7 Å². The molecular formula is C16H16ClF2NO. The second kappa shape index (κ2) is 6.52. The van der Waals surface area contributed by atoms with E-state index in [4.69, 9.17) is 4.74 Å². The van der Waals surface area contributed by atoms with Crippen LogP contribution in [0.4, 0.5) is 8.78 Å². The first kappa shape index (κ1) is 15.9. The lowest BCUT2D eigenvalue weighted by atomic mass is 9.90. The number of hydrogen-bond acceptors (Lipinski definition) is 2. The summed E-state index contributed by atoms with van der Waals surface area (Å²) in [6.07, 6.45) is -0.0396. The van der Waals surface area contributed by atoms with Crippen LogP contribution in [0, 0.1) is 11.6 Å². The van der Waals surface area contributed by atoms with Crippen LogP contribution in [0.15, 0.2) is 36.4 Å². The van der Waals surface area contributed by atoms with E-state index in [1.165, 1.54) is 12.1 Å². The van der Waals surface area contributed by atoms with E-state index >= 15 is 0 Å². The molecule has 0 spiro atoms. The molecular weight excluding hydrogens is 296 g/mol. The van der Waals surface area contributed by atoms with E-state index in [0.717, 1.165) is 29.3 Å². The molecule has 0 aliphatic carbocycles. The third-order valence-corrected chi connectivity index (χ3v) is 3.70. The highest BCUT2D eigenvalue weighted by Gasteiger charge is 2.22. The number of benzene rings is 2. The number of halogens is 3. The molecule has 0 aromatic heterocycles. The molecule has 0 saturated heterocycles. The van der Waals surface area contributed by atoms with Crippen molar-refractivity contribution in [3.05, 3.63) is 59.2 Å². The molecule has 1 unspecified atom stereocenters. The van der Waals surface area contributed by atoms with E-state index in [0.29, 0.717) is 12.1 Å². The van der Waals surface area contributed by atoms with Gasteiger partial charge in [0.25, 0.3) is 0 Å². The average molecular weight is 312 g/mol. The number of ether oxygens (including phenoxy) is 1. The smallest absolute Gasteiger partial charge is 0.133 e. The highest BCUT2D eigenvalue weighted by atomic mass is 35.5. The van der Waals surface area contributed by atoms with Crippen molar-refractivity contribution in [1.29, 1.82) is 0 Å². The van der Waals surface area contributed by atoms with Crippen LogP contribution in [0.2, 0.25) is 0 Å². The van der Waals surface area contributed by atoms with Gasteiger partial charge in [0.15, 0.2) is 0 Å². The summed E-state index contributed by atoms with van der Waals surface area (Å²) >= 11 is 0. The number of nitrogens with one attached hydrogen (secondary N) is 1. The Morgan fingerprint density at radius 3 is 2.67 bits per heavy atom. The molecule has 0 bridgehead atoms. The maximum Gasteiger partial charge on any atom is 0.133 e. The summed E-state index contributed by atoms with van der Waals surface area (Å²) in [4.78, 5) is 0. The maximum atomic E-state index is 14.0. The maximum absolute atomic E-state index is 14.0. The predicted octanol–water partition coefficient (Wildman–Crippen LogP) is 3.84. The van der Waals surface area contributed by atoms with Gasteiger partial charge in [0.2, 0.25) is 0 Å². The minimum absolute atomic E-state index is 0. The van der Waals surface area contributed by atoms with E-state index < -0.39 is 11.6 Å². The summed E-state index contributed by atoms with van der Waals surface area (Å²) in [5, 5.41) is 3.26. The average Bonchev–Trinajstić information content (AvgIpc) is 2.46. The molecule has 1 aliphatic rings. The van der Waals surface area contributed by atoms with Gasteiger partial charge in [-0.05, 0) is 28.8 Å². The zero-order valence-corrected chi connectivity index (χ0v) is 12.3. The van der Waals surface area contributed by atoms with E-state index in [2.05, 4.69) is 5.32 Å². The van der Waals surface area contributed by atoms with E-state index in [-0.39, 0.29) is 18.5 Å². The molecule has 2 aromatic carbocycles. The molecule has 1 atom stereocenters. The Kier molecular flexibility index (Phi) is 4.93. The molecule has 1 aliphatic heterocycles. The van der Waals surface area contributed by atoms with Crippen LogP contribution in [0.1, 0.15) is 17.2 Å². The third kappa shape index (κ3) is 2.93. The van der Waals surface area contributed by atoms with Gasteiger partial charge in [-0.3, -0.25) is 0 Å². The van der Waals surface area contributed by atoms with Crippen molar-refractivity contribution in [3.8, 4) is 11.1 Å². The summed E-state index contributed by atoms with van der Waals surface area (Å²) in [5.74, 6) is -1.11. The number of hydrogen-bond donors (Lipinski definition) is 1. The summed E-state index contributed by atoms with van der Waals surface area (Å²) in [7, 11) is 1.66. The van der Waals surface area contributed by atoms with Gasteiger partial charge in [0, 0.05) is 31.8 Å². The molecule has 3 rings (SSSR count). The van der Waals surface area contributed by atoms with Crippen LogP contribution < -0.4 is 5.32 Å². The van der Waals surface area contributed by atoms with Crippen molar-refractivity contribution >= 4 is 12.4 Å². The van der Waals surface area contributed by atoms with Gasteiger partial charge in [-0.25, -0.2) is 8.78 Å². The Morgan fingerprint density at radius 2 is 1.95 bits per heavy atom. The highest BCUT2D eigenvalue weighted by molar-refractivity contribution is 5.85. The molecule has 5 heteroatoms. The Balaban J connectivity index is 0.00000161. The Labute approximate surface area is 128 Å². The van der Waals surface area contributed by atoms with Crippen molar-refractivity contribution in [2.75, 3.05) is 13.7 Å². The van der Waals surface area contributed by atoms with Crippen molar-refractivity contribution in [3.63, 3.8) is 0 Å². The molecule has 0 saturated carbocycles.